The summed E-state index contributed by atoms with van der Waals surface area (Å²) < 4.78 is 0. The fraction of sp³-hybridized carbons (Fsp3) is 0.381. The third-order valence-electron chi connectivity index (χ3n) is 4.30. The van der Waals surface area contributed by atoms with Gasteiger partial charge in [0.1, 0.15) is 6.29 Å². The van der Waals surface area contributed by atoms with Crippen LogP contribution in [0.4, 0.5) is 0 Å². The molecule has 0 aliphatic rings. The van der Waals surface area contributed by atoms with E-state index >= 15 is 0 Å². The molecule has 0 saturated heterocycles. The van der Waals surface area contributed by atoms with Crippen LogP contribution in [0.15, 0.2) is 36.7 Å². The number of aromatic nitrogens is 1. The zero-order valence-corrected chi connectivity index (χ0v) is 15.7. The number of carbonyl (C=O) groups is 2. The van der Waals surface area contributed by atoms with Crippen molar-refractivity contribution < 1.29 is 9.59 Å². The number of hydrogen-bond acceptors (Lipinski definition) is 4. The van der Waals surface area contributed by atoms with Crippen molar-refractivity contribution in [3.05, 3.63) is 64.5 Å². The fourth-order valence-electron chi connectivity index (χ4n) is 2.58. The molecule has 0 radical (unpaired) electrons. The summed E-state index contributed by atoms with van der Waals surface area (Å²) in [5.74, 6) is 0.320. The number of rotatable bonds is 9. The molecule has 1 heterocycles. The lowest BCUT2D eigenvalue weighted by Crippen LogP contribution is -2.27. The van der Waals surface area contributed by atoms with E-state index in [1.165, 1.54) is 11.1 Å². The number of amides is 1. The van der Waals surface area contributed by atoms with Gasteiger partial charge in [0.05, 0.1) is 0 Å². The molecule has 0 bridgehead atoms. The van der Waals surface area contributed by atoms with Crippen LogP contribution in [0.2, 0.25) is 0 Å². The third kappa shape index (κ3) is 5.77. The van der Waals surface area contributed by atoms with Gasteiger partial charge in [0, 0.05) is 36.6 Å². The molecule has 2 N–H and O–H groups in total. The molecular weight excluding hydrogens is 326 g/mol. The Morgan fingerprint density at radius 1 is 1.19 bits per heavy atom. The average molecular weight is 353 g/mol. The Morgan fingerprint density at radius 2 is 2.00 bits per heavy atom. The summed E-state index contributed by atoms with van der Waals surface area (Å²) in [4.78, 5) is 27.4. The minimum atomic E-state index is -0.151. The SMILES string of the molecule is Cc1ccc(C(=O)NCCCNCc2cncc(C(C)C)c2)cc1C=O. The highest BCUT2D eigenvalue weighted by molar-refractivity contribution is 5.96. The molecule has 2 aromatic rings. The van der Waals surface area contributed by atoms with Gasteiger partial charge in [0.15, 0.2) is 0 Å². The van der Waals surface area contributed by atoms with Crippen molar-refractivity contribution in [1.29, 1.82) is 0 Å². The van der Waals surface area contributed by atoms with E-state index in [4.69, 9.17) is 0 Å². The predicted molar refractivity (Wildman–Crippen MR) is 104 cm³/mol. The van der Waals surface area contributed by atoms with Crippen LogP contribution in [0.5, 0.6) is 0 Å². The van der Waals surface area contributed by atoms with Gasteiger partial charge in [0.2, 0.25) is 0 Å². The molecular formula is C21H27N3O2. The normalized spacial score (nSPS) is 10.8. The molecule has 0 aliphatic carbocycles. The molecule has 2 rings (SSSR count). The lowest BCUT2D eigenvalue weighted by molar-refractivity contribution is 0.0953. The molecule has 0 spiro atoms. The molecule has 0 fully saturated rings. The largest absolute Gasteiger partial charge is 0.352 e. The Labute approximate surface area is 155 Å². The van der Waals surface area contributed by atoms with Gasteiger partial charge in [-0.05, 0) is 54.6 Å². The zero-order valence-electron chi connectivity index (χ0n) is 15.7. The molecule has 138 valence electrons. The lowest BCUT2D eigenvalue weighted by atomic mass is 10.0. The number of aldehydes is 1. The highest BCUT2D eigenvalue weighted by atomic mass is 16.1. The quantitative estimate of drug-likeness (QED) is 0.536. The molecule has 1 aromatic heterocycles. The monoisotopic (exact) mass is 353 g/mol. The van der Waals surface area contributed by atoms with Gasteiger partial charge in [0.25, 0.3) is 5.91 Å². The molecule has 5 nitrogen and oxygen atoms in total. The first kappa shape index (κ1) is 19.8. The predicted octanol–water partition coefficient (Wildman–Crippen LogP) is 3.24. The Kier molecular flexibility index (Phi) is 7.48. The van der Waals surface area contributed by atoms with Crippen LogP contribution in [0.1, 0.15) is 63.6 Å². The summed E-state index contributed by atoms with van der Waals surface area (Å²) >= 11 is 0. The van der Waals surface area contributed by atoms with Crippen LogP contribution in [-0.4, -0.2) is 30.3 Å². The Bertz CT molecular complexity index is 757. The smallest absolute Gasteiger partial charge is 0.251 e. The summed E-state index contributed by atoms with van der Waals surface area (Å²) in [6.45, 7) is 8.32. The first-order chi connectivity index (χ1) is 12.5. The van der Waals surface area contributed by atoms with Crippen molar-refractivity contribution >= 4 is 12.2 Å². The van der Waals surface area contributed by atoms with E-state index < -0.39 is 0 Å². The summed E-state index contributed by atoms with van der Waals surface area (Å²) in [5.41, 5.74) is 4.35. The first-order valence-corrected chi connectivity index (χ1v) is 9.00. The molecule has 0 unspecified atom stereocenters. The van der Waals surface area contributed by atoms with Gasteiger partial charge < -0.3 is 10.6 Å². The summed E-state index contributed by atoms with van der Waals surface area (Å²) in [6.07, 6.45) is 5.39. The first-order valence-electron chi connectivity index (χ1n) is 9.00. The van der Waals surface area contributed by atoms with E-state index in [-0.39, 0.29) is 5.91 Å². The van der Waals surface area contributed by atoms with Crippen molar-refractivity contribution in [2.45, 2.75) is 39.7 Å². The zero-order chi connectivity index (χ0) is 18.9. The van der Waals surface area contributed by atoms with E-state index in [0.29, 0.717) is 23.6 Å². The van der Waals surface area contributed by atoms with Crippen molar-refractivity contribution in [3.8, 4) is 0 Å². The highest BCUT2D eigenvalue weighted by Crippen LogP contribution is 2.13. The molecule has 1 amide bonds. The van der Waals surface area contributed by atoms with Crippen molar-refractivity contribution in [2.24, 2.45) is 0 Å². The Morgan fingerprint density at radius 3 is 2.73 bits per heavy atom. The van der Waals surface area contributed by atoms with Gasteiger partial charge in [-0.25, -0.2) is 0 Å². The van der Waals surface area contributed by atoms with E-state index in [1.807, 2.05) is 19.3 Å². The minimum Gasteiger partial charge on any atom is -0.352 e. The number of benzene rings is 1. The number of aryl methyl sites for hydroxylation is 1. The number of carbonyl (C=O) groups excluding carboxylic acids is 2. The number of pyridine rings is 1. The van der Waals surface area contributed by atoms with Gasteiger partial charge in [-0.15, -0.1) is 0 Å². The van der Waals surface area contributed by atoms with Crippen molar-refractivity contribution in [2.75, 3.05) is 13.1 Å². The lowest BCUT2D eigenvalue weighted by Gasteiger charge is -2.09. The fourth-order valence-corrected chi connectivity index (χ4v) is 2.58. The van der Waals surface area contributed by atoms with Crippen LogP contribution in [0.3, 0.4) is 0 Å². The van der Waals surface area contributed by atoms with E-state index in [9.17, 15) is 9.59 Å². The second kappa shape index (κ2) is 9.82. The standard InChI is InChI=1S/C21H27N3O2/c1-15(2)19-9-17(12-23-13-19)11-22-7-4-8-24-21(26)18-6-5-16(3)20(10-18)14-25/h5-6,9-10,12-15,22H,4,7-8,11H2,1-3H3,(H,24,26). The van der Waals surface area contributed by atoms with E-state index in [0.717, 1.165) is 31.4 Å². The second-order valence-corrected chi connectivity index (χ2v) is 6.76. The summed E-state index contributed by atoms with van der Waals surface area (Å²) in [5, 5.41) is 6.25. The third-order valence-corrected chi connectivity index (χ3v) is 4.30. The Balaban J connectivity index is 1.70. The Hall–Kier alpha value is -2.53. The topological polar surface area (TPSA) is 71.1 Å². The molecule has 1 aromatic carbocycles. The molecule has 0 saturated carbocycles. The van der Waals surface area contributed by atoms with Gasteiger partial charge >= 0.3 is 0 Å². The van der Waals surface area contributed by atoms with Crippen LogP contribution in [0.25, 0.3) is 0 Å². The highest BCUT2D eigenvalue weighted by Gasteiger charge is 2.07. The van der Waals surface area contributed by atoms with Crippen LogP contribution in [-0.2, 0) is 6.54 Å². The van der Waals surface area contributed by atoms with Crippen LogP contribution < -0.4 is 10.6 Å². The number of nitrogens with one attached hydrogen (secondary N) is 2. The molecule has 0 atom stereocenters. The average Bonchev–Trinajstić information content (AvgIpc) is 2.65. The van der Waals surface area contributed by atoms with E-state index in [2.05, 4.69) is 35.5 Å². The number of hydrogen-bond donors (Lipinski definition) is 2. The van der Waals surface area contributed by atoms with Gasteiger partial charge in [-0.3, -0.25) is 14.6 Å². The summed E-state index contributed by atoms with van der Waals surface area (Å²) in [7, 11) is 0. The molecule has 0 aliphatic heterocycles. The number of nitrogens with zero attached hydrogens (tertiary/aromatic N) is 1. The van der Waals surface area contributed by atoms with E-state index in [1.54, 1.807) is 18.2 Å². The maximum Gasteiger partial charge on any atom is 0.251 e. The maximum absolute atomic E-state index is 12.1. The molecule has 26 heavy (non-hydrogen) atoms. The molecule has 5 heteroatoms. The second-order valence-electron chi connectivity index (χ2n) is 6.76. The van der Waals surface area contributed by atoms with Gasteiger partial charge in [-0.1, -0.05) is 26.0 Å². The van der Waals surface area contributed by atoms with Crippen molar-refractivity contribution in [3.63, 3.8) is 0 Å². The van der Waals surface area contributed by atoms with Crippen LogP contribution >= 0.6 is 0 Å². The minimum absolute atomic E-state index is 0.151. The van der Waals surface area contributed by atoms with Crippen LogP contribution in [0, 0.1) is 6.92 Å². The van der Waals surface area contributed by atoms with Gasteiger partial charge in [-0.2, -0.15) is 0 Å². The van der Waals surface area contributed by atoms with Crippen molar-refractivity contribution in [1.82, 2.24) is 15.6 Å². The maximum atomic E-state index is 12.1. The summed E-state index contributed by atoms with van der Waals surface area (Å²) in [6, 6.07) is 7.34.